The van der Waals surface area contributed by atoms with Gasteiger partial charge in [0.05, 0.1) is 16.6 Å². The number of aromatic nitrogens is 3. The number of hydrogen-bond donors (Lipinski definition) is 1. The number of allylic oxidation sites excluding steroid dienone is 1. The molecule has 2 aromatic heterocycles. The van der Waals surface area contributed by atoms with E-state index in [4.69, 9.17) is 16.0 Å². The number of fused-ring (bicyclic) bond motifs is 1. The number of aryl methyl sites for hydroxylation is 1. The molecule has 11 heteroatoms. The molecule has 168 valence electrons. The normalized spacial score (nSPS) is 18.4. The van der Waals surface area contributed by atoms with Crippen molar-refractivity contribution in [2.24, 2.45) is 0 Å². The van der Waals surface area contributed by atoms with Crippen LogP contribution in [-0.2, 0) is 11.2 Å². The average Bonchev–Trinajstić information content (AvgIpc) is 3.16. The van der Waals surface area contributed by atoms with Crippen LogP contribution in [0.4, 0.5) is 13.2 Å². The highest BCUT2D eigenvalue weighted by Crippen LogP contribution is 2.40. The van der Waals surface area contributed by atoms with Crippen LogP contribution in [-0.4, -0.2) is 33.6 Å². The van der Waals surface area contributed by atoms with Crippen molar-refractivity contribution in [1.82, 2.24) is 20.5 Å². The molecule has 32 heavy (non-hydrogen) atoms. The van der Waals surface area contributed by atoms with Gasteiger partial charge in [-0.1, -0.05) is 24.2 Å². The maximum atomic E-state index is 12.5. The van der Waals surface area contributed by atoms with Crippen molar-refractivity contribution in [3.05, 3.63) is 65.1 Å². The molecule has 2 heterocycles. The van der Waals surface area contributed by atoms with Gasteiger partial charge in [-0.25, -0.2) is 0 Å². The van der Waals surface area contributed by atoms with E-state index in [1.54, 1.807) is 24.3 Å². The summed E-state index contributed by atoms with van der Waals surface area (Å²) in [6.07, 6.45) is -2.97. The molecule has 1 N–H and O–H groups in total. The molecule has 0 bridgehead atoms. The highest BCUT2D eigenvalue weighted by atomic mass is 35.5. The fraction of sp³-hybridized carbons (Fsp3) is 0.333. The monoisotopic (exact) mass is 466 g/mol. The summed E-state index contributed by atoms with van der Waals surface area (Å²) in [6.45, 7) is 3.84. The Morgan fingerprint density at radius 2 is 2.06 bits per heavy atom. The summed E-state index contributed by atoms with van der Waals surface area (Å²) in [4.78, 5) is 16.7. The molecule has 0 atom stereocenters. The van der Waals surface area contributed by atoms with Gasteiger partial charge in [0.25, 0.3) is 5.91 Å². The maximum Gasteiger partial charge on any atom is 0.522 e. The molecule has 0 saturated heterocycles. The van der Waals surface area contributed by atoms with Crippen LogP contribution in [0.25, 0.3) is 10.9 Å². The largest absolute Gasteiger partial charge is 0.522 e. The van der Waals surface area contributed by atoms with Crippen LogP contribution in [0.1, 0.15) is 47.3 Å². The van der Waals surface area contributed by atoms with Crippen molar-refractivity contribution < 1.29 is 27.1 Å². The Morgan fingerprint density at radius 3 is 2.81 bits per heavy atom. The van der Waals surface area contributed by atoms with Crippen LogP contribution < -0.4 is 5.32 Å². The third-order valence-electron chi connectivity index (χ3n) is 5.07. The summed E-state index contributed by atoms with van der Waals surface area (Å²) in [5, 5.41) is 11.9. The van der Waals surface area contributed by atoms with Gasteiger partial charge in [-0.05, 0) is 37.5 Å². The number of rotatable bonds is 7. The number of carbonyl (C=O) groups excluding carboxylic acids is 1. The van der Waals surface area contributed by atoms with E-state index >= 15 is 0 Å². The van der Waals surface area contributed by atoms with Crippen molar-refractivity contribution in [3.63, 3.8) is 0 Å². The number of hydrogen-bond acceptors (Lipinski definition) is 6. The van der Waals surface area contributed by atoms with Crippen molar-refractivity contribution in [1.29, 1.82) is 0 Å². The van der Waals surface area contributed by atoms with Crippen LogP contribution in [0.15, 0.2) is 47.2 Å². The van der Waals surface area contributed by atoms with E-state index in [1.165, 1.54) is 6.20 Å². The molecular weight excluding hydrogens is 449 g/mol. The molecule has 0 unspecified atom stereocenters. The van der Waals surface area contributed by atoms with Gasteiger partial charge in [-0.2, -0.15) is 0 Å². The van der Waals surface area contributed by atoms with Gasteiger partial charge in [0, 0.05) is 35.2 Å². The highest BCUT2D eigenvalue weighted by molar-refractivity contribution is 6.31. The number of carbonyl (C=O) groups is 1. The number of pyridine rings is 1. The van der Waals surface area contributed by atoms with Crippen LogP contribution in [0.3, 0.4) is 0 Å². The predicted octanol–water partition coefficient (Wildman–Crippen LogP) is 4.93. The molecule has 0 spiro atoms. The molecule has 1 amide bonds. The number of nitrogens with zero attached hydrogens (tertiary/aromatic N) is 3. The van der Waals surface area contributed by atoms with E-state index in [1.807, 2.05) is 0 Å². The van der Waals surface area contributed by atoms with Crippen LogP contribution in [0.5, 0.6) is 0 Å². The minimum absolute atomic E-state index is 0.177. The third kappa shape index (κ3) is 5.43. The quantitative estimate of drug-likeness (QED) is 0.531. The van der Waals surface area contributed by atoms with Gasteiger partial charge in [-0.15, -0.1) is 23.4 Å². The number of halogens is 4. The molecule has 0 aliphatic heterocycles. The van der Waals surface area contributed by atoms with E-state index in [0.29, 0.717) is 46.4 Å². The summed E-state index contributed by atoms with van der Waals surface area (Å²) in [6, 6.07) is 6.85. The van der Waals surface area contributed by atoms with Gasteiger partial charge in [0.1, 0.15) is 0 Å². The second kappa shape index (κ2) is 8.87. The Morgan fingerprint density at radius 1 is 1.28 bits per heavy atom. The molecule has 1 aliphatic carbocycles. The fourth-order valence-electron chi connectivity index (χ4n) is 3.37. The lowest BCUT2D eigenvalue weighted by atomic mass is 9.82. The zero-order valence-corrected chi connectivity index (χ0v) is 17.4. The van der Waals surface area contributed by atoms with Crippen molar-refractivity contribution in [2.75, 3.05) is 0 Å². The Bertz CT molecular complexity index is 1160. The Labute approximate surface area is 185 Å². The third-order valence-corrected chi connectivity index (χ3v) is 5.28. The standard InChI is InChI=1S/C21H18ClF3N4O3/c1-11(27-19(30)13-4-3-12-6-15(22)10-26-17(12)9-13)2-5-18-28-29-20(31-18)14-7-16(8-14)32-21(23,24)25/h3-4,6,9-10,14,16H,1-2,5,7-8H2,(H,27,30). The first-order valence-corrected chi connectivity index (χ1v) is 10.2. The topological polar surface area (TPSA) is 90.1 Å². The van der Waals surface area contributed by atoms with Crippen molar-refractivity contribution >= 4 is 28.4 Å². The predicted molar refractivity (Wildman–Crippen MR) is 109 cm³/mol. The van der Waals surface area contributed by atoms with Crippen LogP contribution in [0, 0.1) is 0 Å². The van der Waals surface area contributed by atoms with Gasteiger partial charge >= 0.3 is 6.36 Å². The van der Waals surface area contributed by atoms with Gasteiger partial charge in [0.2, 0.25) is 11.8 Å². The fourth-order valence-corrected chi connectivity index (χ4v) is 3.54. The number of benzene rings is 1. The van der Waals surface area contributed by atoms with E-state index in [9.17, 15) is 18.0 Å². The number of amides is 1. The van der Waals surface area contributed by atoms with Gasteiger partial charge in [0.15, 0.2) is 0 Å². The molecule has 1 saturated carbocycles. The minimum Gasteiger partial charge on any atom is -0.425 e. The summed E-state index contributed by atoms with van der Waals surface area (Å²) >= 11 is 5.92. The van der Waals surface area contributed by atoms with Crippen LogP contribution in [0.2, 0.25) is 5.02 Å². The smallest absolute Gasteiger partial charge is 0.425 e. The second-order valence-corrected chi connectivity index (χ2v) is 7.94. The SMILES string of the molecule is C=C(CCc1nnc(C2CC(OC(F)(F)F)C2)o1)NC(=O)c1ccc2cc(Cl)cnc2c1. The van der Waals surface area contributed by atoms with Gasteiger partial charge < -0.3 is 9.73 Å². The Kier molecular flexibility index (Phi) is 6.16. The molecule has 0 radical (unpaired) electrons. The molecule has 4 rings (SSSR count). The first-order chi connectivity index (χ1) is 15.2. The number of nitrogens with one attached hydrogen (secondary N) is 1. The van der Waals surface area contributed by atoms with Gasteiger partial charge in [-0.3, -0.25) is 14.5 Å². The van der Waals surface area contributed by atoms with E-state index < -0.39 is 12.5 Å². The van der Waals surface area contributed by atoms with Crippen molar-refractivity contribution in [3.8, 4) is 0 Å². The highest BCUT2D eigenvalue weighted by Gasteiger charge is 2.42. The molecule has 7 nitrogen and oxygen atoms in total. The lowest BCUT2D eigenvalue weighted by molar-refractivity contribution is -0.352. The molecule has 3 aromatic rings. The summed E-state index contributed by atoms with van der Waals surface area (Å²) < 4.78 is 46.1. The molecular formula is C21H18ClF3N4O3. The summed E-state index contributed by atoms with van der Waals surface area (Å²) in [5.41, 5.74) is 1.53. The van der Waals surface area contributed by atoms with Crippen LogP contribution >= 0.6 is 11.6 Å². The van der Waals surface area contributed by atoms with E-state index in [-0.39, 0.29) is 24.7 Å². The second-order valence-electron chi connectivity index (χ2n) is 7.51. The molecule has 1 fully saturated rings. The number of ether oxygens (including phenoxy) is 1. The lowest BCUT2D eigenvalue weighted by Gasteiger charge is -2.32. The lowest BCUT2D eigenvalue weighted by Crippen LogP contribution is -2.34. The zero-order valence-electron chi connectivity index (χ0n) is 16.7. The summed E-state index contributed by atoms with van der Waals surface area (Å²) in [5.74, 6) is 0.0377. The first-order valence-electron chi connectivity index (χ1n) is 9.77. The molecule has 1 aromatic carbocycles. The van der Waals surface area contributed by atoms with E-state index in [0.717, 1.165) is 5.39 Å². The Hall–Kier alpha value is -2.98. The zero-order chi connectivity index (χ0) is 22.9. The van der Waals surface area contributed by atoms with Crippen molar-refractivity contribution in [2.45, 2.75) is 44.1 Å². The minimum atomic E-state index is -4.64. The first kappa shape index (κ1) is 22.2. The average molecular weight is 467 g/mol. The Balaban J connectivity index is 1.26. The molecule has 1 aliphatic rings. The van der Waals surface area contributed by atoms with E-state index in [2.05, 4.69) is 31.8 Å². The number of alkyl halides is 3. The maximum absolute atomic E-state index is 12.5. The summed E-state index contributed by atoms with van der Waals surface area (Å²) in [7, 11) is 0.